The van der Waals surface area contributed by atoms with Gasteiger partial charge in [0.25, 0.3) is 5.91 Å². The number of thiazole rings is 1. The lowest BCUT2D eigenvalue weighted by atomic mass is 9.96. The van der Waals surface area contributed by atoms with E-state index in [0.717, 1.165) is 51.2 Å². The maximum Gasteiger partial charge on any atom is 0.273 e. The molecule has 1 aliphatic rings. The molecule has 5 nitrogen and oxygen atoms in total. The number of methoxy groups -OCH3 is 1. The van der Waals surface area contributed by atoms with Crippen molar-refractivity contribution in [1.29, 1.82) is 0 Å². The fourth-order valence-corrected chi connectivity index (χ4v) is 4.09. The van der Waals surface area contributed by atoms with E-state index in [-0.39, 0.29) is 5.91 Å². The molecule has 0 N–H and O–H groups in total. The van der Waals surface area contributed by atoms with Gasteiger partial charge in [0, 0.05) is 25.5 Å². The van der Waals surface area contributed by atoms with Crippen molar-refractivity contribution in [2.24, 2.45) is 5.92 Å². The van der Waals surface area contributed by atoms with Crippen molar-refractivity contribution in [1.82, 2.24) is 14.8 Å². The van der Waals surface area contributed by atoms with Crippen LogP contribution < -0.4 is 4.74 Å². The van der Waals surface area contributed by atoms with E-state index >= 15 is 0 Å². The largest absolute Gasteiger partial charge is 0.496 e. The average Bonchev–Trinajstić information content (AvgIpc) is 3.21. The molecule has 0 radical (unpaired) electrons. The van der Waals surface area contributed by atoms with Gasteiger partial charge in [-0.25, -0.2) is 4.98 Å². The number of carbonyl (C=O) groups is 1. The zero-order chi connectivity index (χ0) is 18.4. The van der Waals surface area contributed by atoms with E-state index in [1.54, 1.807) is 12.6 Å². The number of amides is 1. The highest BCUT2D eigenvalue weighted by atomic mass is 32.1. The molecule has 0 unspecified atom stereocenters. The third kappa shape index (κ3) is 4.83. The summed E-state index contributed by atoms with van der Waals surface area (Å²) in [5.41, 5.74) is 3.54. The summed E-state index contributed by atoms with van der Waals surface area (Å²) in [4.78, 5) is 20.8. The van der Waals surface area contributed by atoms with Gasteiger partial charge in [-0.05, 0) is 49.9 Å². The predicted molar refractivity (Wildman–Crippen MR) is 105 cm³/mol. The Bertz CT molecular complexity index is 697. The van der Waals surface area contributed by atoms with Crippen LogP contribution in [0.5, 0.6) is 5.75 Å². The quantitative estimate of drug-likeness (QED) is 0.748. The summed E-state index contributed by atoms with van der Waals surface area (Å²) in [5, 5.41) is 1.82. The van der Waals surface area contributed by atoms with Crippen LogP contribution in [0.25, 0.3) is 0 Å². The molecule has 26 heavy (non-hydrogen) atoms. The van der Waals surface area contributed by atoms with Gasteiger partial charge in [-0.3, -0.25) is 4.79 Å². The number of ether oxygens (including phenoxy) is 1. The minimum Gasteiger partial charge on any atom is -0.496 e. The average molecular weight is 374 g/mol. The number of para-hydroxylation sites is 1. The summed E-state index contributed by atoms with van der Waals surface area (Å²) >= 11 is 1.46. The van der Waals surface area contributed by atoms with Crippen LogP contribution in [0.4, 0.5) is 0 Å². The van der Waals surface area contributed by atoms with Gasteiger partial charge >= 0.3 is 0 Å². The molecule has 6 heteroatoms. The van der Waals surface area contributed by atoms with Gasteiger partial charge < -0.3 is 14.5 Å². The molecule has 1 saturated heterocycles. The van der Waals surface area contributed by atoms with Gasteiger partial charge in [-0.2, -0.15) is 0 Å². The SMILES string of the molecule is COc1ccccc1CCN1CCC(CN(C)C(=O)c2cscn2)CC1. The normalized spacial score (nSPS) is 15.8. The maximum atomic E-state index is 12.3. The molecule has 2 heterocycles. The number of hydrogen-bond donors (Lipinski definition) is 0. The summed E-state index contributed by atoms with van der Waals surface area (Å²) < 4.78 is 5.44. The number of nitrogens with zero attached hydrogens (tertiary/aromatic N) is 3. The van der Waals surface area contributed by atoms with Gasteiger partial charge in [0.05, 0.1) is 12.6 Å². The predicted octanol–water partition coefficient (Wildman–Crippen LogP) is 3.18. The Labute approximate surface area is 159 Å². The summed E-state index contributed by atoms with van der Waals surface area (Å²) in [6, 6.07) is 8.25. The zero-order valence-corrected chi connectivity index (χ0v) is 16.4. The summed E-state index contributed by atoms with van der Waals surface area (Å²) in [6.45, 7) is 4.06. The molecule has 140 valence electrons. The van der Waals surface area contributed by atoms with Crippen LogP contribution in [-0.4, -0.2) is 61.0 Å². The molecular weight excluding hydrogens is 346 g/mol. The Hall–Kier alpha value is -1.92. The summed E-state index contributed by atoms with van der Waals surface area (Å²) in [7, 11) is 3.61. The lowest BCUT2D eigenvalue weighted by molar-refractivity contribution is 0.0735. The first kappa shape index (κ1) is 18.9. The molecule has 0 atom stereocenters. The Balaban J connectivity index is 1.42. The number of likely N-dealkylation sites (tertiary alicyclic amines) is 1. The second-order valence-electron chi connectivity index (χ2n) is 6.91. The minimum atomic E-state index is 0.0323. The molecule has 1 aromatic heterocycles. The van der Waals surface area contributed by atoms with E-state index in [4.69, 9.17) is 4.74 Å². The Morgan fingerprint density at radius 1 is 1.35 bits per heavy atom. The van der Waals surface area contributed by atoms with Crippen molar-refractivity contribution in [2.75, 3.05) is 40.3 Å². The van der Waals surface area contributed by atoms with Crippen molar-refractivity contribution in [3.8, 4) is 5.75 Å². The Morgan fingerprint density at radius 2 is 2.12 bits per heavy atom. The smallest absolute Gasteiger partial charge is 0.273 e. The first-order chi connectivity index (χ1) is 12.7. The van der Waals surface area contributed by atoms with Crippen LogP contribution in [0.3, 0.4) is 0 Å². The highest BCUT2D eigenvalue weighted by Gasteiger charge is 2.23. The molecule has 1 amide bonds. The maximum absolute atomic E-state index is 12.3. The molecule has 0 saturated carbocycles. The number of benzene rings is 1. The summed E-state index contributed by atoms with van der Waals surface area (Å²) in [6.07, 6.45) is 3.29. The van der Waals surface area contributed by atoms with Crippen LogP contribution >= 0.6 is 11.3 Å². The highest BCUT2D eigenvalue weighted by Crippen LogP contribution is 2.21. The van der Waals surface area contributed by atoms with Gasteiger partial charge in [-0.1, -0.05) is 18.2 Å². The first-order valence-corrected chi connectivity index (χ1v) is 10.1. The minimum absolute atomic E-state index is 0.0323. The number of aromatic nitrogens is 1. The fourth-order valence-electron chi connectivity index (χ4n) is 3.56. The lowest BCUT2D eigenvalue weighted by Gasteiger charge is -2.33. The van der Waals surface area contributed by atoms with Crippen molar-refractivity contribution in [3.05, 3.63) is 46.4 Å². The fraction of sp³-hybridized carbons (Fsp3) is 0.500. The number of rotatable bonds is 7. The van der Waals surface area contributed by atoms with E-state index in [1.807, 2.05) is 29.5 Å². The third-order valence-corrected chi connectivity index (χ3v) is 5.71. The second kappa shape index (κ2) is 9.14. The van der Waals surface area contributed by atoms with Crippen LogP contribution in [-0.2, 0) is 6.42 Å². The van der Waals surface area contributed by atoms with Crippen LogP contribution in [0.1, 0.15) is 28.9 Å². The molecule has 0 spiro atoms. The van der Waals surface area contributed by atoms with Crippen LogP contribution in [0, 0.1) is 5.92 Å². The van der Waals surface area contributed by atoms with Crippen LogP contribution in [0.2, 0.25) is 0 Å². The Morgan fingerprint density at radius 3 is 2.81 bits per heavy atom. The molecule has 0 aliphatic carbocycles. The van der Waals surface area contributed by atoms with E-state index < -0.39 is 0 Å². The van der Waals surface area contributed by atoms with E-state index in [0.29, 0.717) is 11.6 Å². The van der Waals surface area contributed by atoms with Crippen molar-refractivity contribution in [3.63, 3.8) is 0 Å². The standard InChI is InChI=1S/C20H27N3O2S/c1-22(20(24)18-14-26-15-21-18)13-16-7-10-23(11-8-16)12-9-17-5-3-4-6-19(17)25-2/h3-6,14-16H,7-13H2,1-2H3. The van der Waals surface area contributed by atoms with E-state index in [2.05, 4.69) is 22.0 Å². The zero-order valence-electron chi connectivity index (χ0n) is 15.6. The van der Waals surface area contributed by atoms with Gasteiger partial charge in [-0.15, -0.1) is 11.3 Å². The van der Waals surface area contributed by atoms with Crippen molar-refractivity contribution >= 4 is 17.2 Å². The molecule has 1 fully saturated rings. The monoisotopic (exact) mass is 373 g/mol. The van der Waals surface area contributed by atoms with E-state index in [1.165, 1.54) is 16.9 Å². The van der Waals surface area contributed by atoms with Crippen molar-refractivity contribution in [2.45, 2.75) is 19.3 Å². The molecule has 3 rings (SSSR count). The summed E-state index contributed by atoms with van der Waals surface area (Å²) in [5.74, 6) is 1.58. The Kier molecular flexibility index (Phi) is 6.63. The third-order valence-electron chi connectivity index (χ3n) is 5.13. The molecule has 1 aliphatic heterocycles. The van der Waals surface area contributed by atoms with Gasteiger partial charge in [0.15, 0.2) is 0 Å². The highest BCUT2D eigenvalue weighted by molar-refractivity contribution is 7.07. The molecule has 0 bridgehead atoms. The molecule has 2 aromatic rings. The topological polar surface area (TPSA) is 45.7 Å². The van der Waals surface area contributed by atoms with Gasteiger partial charge in [0.2, 0.25) is 0 Å². The molecular formula is C20H27N3O2S. The molecule has 1 aromatic carbocycles. The van der Waals surface area contributed by atoms with Crippen LogP contribution in [0.15, 0.2) is 35.2 Å². The van der Waals surface area contributed by atoms with Gasteiger partial charge in [0.1, 0.15) is 11.4 Å². The second-order valence-corrected chi connectivity index (χ2v) is 7.62. The number of carbonyl (C=O) groups excluding carboxylic acids is 1. The van der Waals surface area contributed by atoms with E-state index in [9.17, 15) is 4.79 Å². The lowest BCUT2D eigenvalue weighted by Crippen LogP contribution is -2.40. The number of hydrogen-bond acceptors (Lipinski definition) is 5. The number of piperidine rings is 1. The first-order valence-electron chi connectivity index (χ1n) is 9.15. The van der Waals surface area contributed by atoms with Crippen molar-refractivity contribution < 1.29 is 9.53 Å².